The van der Waals surface area contributed by atoms with Crippen LogP contribution in [0.2, 0.25) is 0 Å². The summed E-state index contributed by atoms with van der Waals surface area (Å²) in [7, 11) is -9.80. The highest BCUT2D eigenvalue weighted by molar-refractivity contribution is 7.47. The Hall–Kier alpha value is -2.30. The predicted molar refractivity (Wildman–Crippen MR) is 239 cm³/mol. The molecule has 0 amide bonds. The van der Waals surface area contributed by atoms with Crippen LogP contribution in [0.15, 0.2) is 60.8 Å². The zero-order chi connectivity index (χ0) is 46.3. The van der Waals surface area contributed by atoms with E-state index < -0.39 is 84.5 Å². The Kier molecular flexibility index (Phi) is 37.6. The zero-order valence-corrected chi connectivity index (χ0v) is 38.8. The number of rotatable bonds is 41. The first kappa shape index (κ1) is 59.7. The average Bonchev–Trinajstić information content (AvgIpc) is 3.22. The number of aliphatic hydroxyl groups is 4. The lowest BCUT2D eigenvalue weighted by molar-refractivity contribution is -0.161. The molecule has 0 saturated heterocycles. The van der Waals surface area contributed by atoms with E-state index in [0.717, 1.165) is 77.0 Å². The van der Waals surface area contributed by atoms with E-state index in [2.05, 4.69) is 35.0 Å². The second kappa shape index (κ2) is 39.1. The van der Waals surface area contributed by atoms with E-state index in [0.29, 0.717) is 6.42 Å². The molecule has 7 N–H and O–H groups in total. The van der Waals surface area contributed by atoms with Gasteiger partial charge in [-0.25, -0.2) is 9.13 Å². The van der Waals surface area contributed by atoms with Crippen LogP contribution in [-0.4, -0.2) is 104 Å². The molecular formula is C44H78O16P2. The summed E-state index contributed by atoms with van der Waals surface area (Å²) in [6.07, 6.45) is 30.0. The van der Waals surface area contributed by atoms with Gasteiger partial charge in [-0.2, -0.15) is 0 Å². The molecule has 18 heteroatoms. The van der Waals surface area contributed by atoms with Crippen LogP contribution < -0.4 is 0 Å². The minimum atomic E-state index is -4.90. The summed E-state index contributed by atoms with van der Waals surface area (Å²) < 4.78 is 47.5. The largest absolute Gasteiger partial charge is 0.472 e. The Labute approximate surface area is 370 Å². The quantitative estimate of drug-likeness (QED) is 0.0100. The van der Waals surface area contributed by atoms with Gasteiger partial charge in [0.15, 0.2) is 6.10 Å². The van der Waals surface area contributed by atoms with Crippen LogP contribution in [0.4, 0.5) is 0 Å². The number of carbonyl (C=O) groups is 2. The van der Waals surface area contributed by atoms with Gasteiger partial charge in [-0.3, -0.25) is 23.2 Å². The number of phosphoric acid groups is 2. The van der Waals surface area contributed by atoms with Gasteiger partial charge in [-0.05, 0) is 51.4 Å². The lowest BCUT2D eigenvalue weighted by Crippen LogP contribution is -2.30. The van der Waals surface area contributed by atoms with E-state index in [1.165, 1.54) is 31.8 Å². The van der Waals surface area contributed by atoms with Crippen molar-refractivity contribution in [1.29, 1.82) is 0 Å². The molecule has 1 unspecified atom stereocenters. The molecule has 62 heavy (non-hydrogen) atoms. The maximum absolute atomic E-state index is 12.7. The van der Waals surface area contributed by atoms with Gasteiger partial charge in [0, 0.05) is 12.8 Å². The van der Waals surface area contributed by atoms with E-state index in [1.807, 2.05) is 0 Å². The van der Waals surface area contributed by atoms with Crippen molar-refractivity contribution < 1.29 is 76.9 Å². The first-order chi connectivity index (χ1) is 29.6. The lowest BCUT2D eigenvalue weighted by atomic mass is 10.1. The fraction of sp³-hybridized carbons (Fsp3) is 0.727. The number of unbranched alkanes of at least 4 members (excludes halogenated alkanes) is 13. The smallest absolute Gasteiger partial charge is 0.462 e. The number of carbonyl (C=O) groups excluding carboxylic acids is 2. The Morgan fingerprint density at radius 2 is 1.06 bits per heavy atom. The van der Waals surface area contributed by atoms with Crippen molar-refractivity contribution >= 4 is 27.6 Å². The van der Waals surface area contributed by atoms with Gasteiger partial charge in [0.25, 0.3) is 0 Å². The minimum absolute atomic E-state index is 0.0509. The van der Waals surface area contributed by atoms with Gasteiger partial charge in [0.05, 0.1) is 38.1 Å². The number of ether oxygens (including phenoxy) is 2. The third-order valence-corrected chi connectivity index (χ3v) is 10.7. The molecule has 0 rings (SSSR count). The summed E-state index contributed by atoms with van der Waals surface area (Å²) in [4.78, 5) is 52.7. The molecule has 0 aromatic heterocycles. The highest BCUT2D eigenvalue weighted by Gasteiger charge is 2.28. The predicted octanol–water partition coefficient (Wildman–Crippen LogP) is 8.14. The lowest BCUT2D eigenvalue weighted by Gasteiger charge is -2.20. The summed E-state index contributed by atoms with van der Waals surface area (Å²) in [5.74, 6) is -1.37. The fourth-order valence-corrected chi connectivity index (χ4v) is 6.82. The monoisotopic (exact) mass is 924 g/mol. The van der Waals surface area contributed by atoms with Crippen molar-refractivity contribution in [3.8, 4) is 0 Å². The minimum Gasteiger partial charge on any atom is -0.462 e. The maximum Gasteiger partial charge on any atom is 0.472 e. The number of hydrogen-bond donors (Lipinski definition) is 7. The van der Waals surface area contributed by atoms with Gasteiger partial charge in [0.2, 0.25) is 0 Å². The van der Waals surface area contributed by atoms with Crippen molar-refractivity contribution in [3.63, 3.8) is 0 Å². The number of hydrogen-bond acceptors (Lipinski definition) is 13. The van der Waals surface area contributed by atoms with Gasteiger partial charge < -0.3 is 44.6 Å². The second-order valence-corrected chi connectivity index (χ2v) is 17.9. The maximum atomic E-state index is 12.7. The van der Waals surface area contributed by atoms with Crippen LogP contribution in [0.1, 0.15) is 149 Å². The molecule has 0 saturated carbocycles. The average molecular weight is 925 g/mol. The Balaban J connectivity index is 4.83. The summed E-state index contributed by atoms with van der Waals surface area (Å²) in [6.45, 7) is 1.24. The molecule has 0 bridgehead atoms. The SMILES string of the molecule is CCCCCC/C=C\CCCCCCCCCC(=O)O[C@H](COC(=O)CCC[C@@H](O)[C@H](O)/C=C/C=C/C=C\C=C\[C@H](O)CCCCC)COP(=O)(O)OC[C@@H](O)COP(=O)(O)O. The molecule has 0 aromatic rings. The summed E-state index contributed by atoms with van der Waals surface area (Å²) in [5.41, 5.74) is 0. The Bertz CT molecular complexity index is 1380. The topological polar surface area (TPSA) is 256 Å². The Morgan fingerprint density at radius 3 is 1.69 bits per heavy atom. The first-order valence-electron chi connectivity index (χ1n) is 22.3. The zero-order valence-electron chi connectivity index (χ0n) is 37.0. The van der Waals surface area contributed by atoms with Crippen molar-refractivity contribution in [2.45, 2.75) is 179 Å². The van der Waals surface area contributed by atoms with Crippen LogP contribution in [-0.2, 0) is 41.8 Å². The highest BCUT2D eigenvalue weighted by atomic mass is 31.2. The van der Waals surface area contributed by atoms with Crippen LogP contribution in [0.3, 0.4) is 0 Å². The molecule has 0 aliphatic rings. The first-order valence-corrected chi connectivity index (χ1v) is 25.3. The number of esters is 2. The van der Waals surface area contributed by atoms with Crippen LogP contribution in [0.5, 0.6) is 0 Å². The molecule has 360 valence electrons. The molecule has 0 fully saturated rings. The van der Waals surface area contributed by atoms with E-state index in [-0.39, 0.29) is 25.7 Å². The molecule has 16 nitrogen and oxygen atoms in total. The van der Waals surface area contributed by atoms with Gasteiger partial charge in [-0.15, -0.1) is 0 Å². The van der Waals surface area contributed by atoms with Crippen molar-refractivity contribution in [2.75, 3.05) is 26.4 Å². The number of aliphatic hydroxyl groups excluding tert-OH is 4. The Morgan fingerprint density at radius 1 is 0.548 bits per heavy atom. The molecule has 0 spiro atoms. The van der Waals surface area contributed by atoms with E-state index in [9.17, 15) is 44.0 Å². The van der Waals surface area contributed by atoms with Crippen molar-refractivity contribution in [2.24, 2.45) is 0 Å². The molecule has 0 aliphatic carbocycles. The van der Waals surface area contributed by atoms with Gasteiger partial charge in [-0.1, -0.05) is 145 Å². The third-order valence-electron chi connectivity index (χ3n) is 9.24. The van der Waals surface area contributed by atoms with Gasteiger partial charge in [0.1, 0.15) is 12.7 Å². The van der Waals surface area contributed by atoms with Crippen LogP contribution in [0.25, 0.3) is 0 Å². The van der Waals surface area contributed by atoms with E-state index >= 15 is 0 Å². The van der Waals surface area contributed by atoms with E-state index in [4.69, 9.17) is 23.8 Å². The summed E-state index contributed by atoms with van der Waals surface area (Å²) in [5, 5.41) is 40.2. The fourth-order valence-electron chi connectivity index (χ4n) is 5.67. The van der Waals surface area contributed by atoms with E-state index in [1.54, 1.807) is 42.5 Å². The third kappa shape index (κ3) is 40.5. The highest BCUT2D eigenvalue weighted by Crippen LogP contribution is 2.43. The van der Waals surface area contributed by atoms with Crippen molar-refractivity contribution in [1.82, 2.24) is 0 Å². The second-order valence-electron chi connectivity index (χ2n) is 15.2. The van der Waals surface area contributed by atoms with Crippen molar-refractivity contribution in [3.05, 3.63) is 60.8 Å². The van der Waals surface area contributed by atoms with Crippen LogP contribution in [0, 0.1) is 0 Å². The molecule has 0 radical (unpaired) electrons. The van der Waals surface area contributed by atoms with Crippen LogP contribution >= 0.6 is 15.6 Å². The normalized spacial score (nSPS) is 16.1. The molecule has 0 heterocycles. The molecule has 0 aromatic carbocycles. The number of allylic oxidation sites excluding steroid dienone is 8. The standard InChI is InChI=1S/C44H78O16P2/c1-3-5-7-8-9-10-11-12-13-14-15-16-17-22-26-32-44(50)60-40(37-59-62(54,55)58-35-39(46)34-57-61(51,52)53)36-56-43(49)33-27-31-42(48)41(47)30-25-21-19-18-20-24-29-38(45)28-23-6-4-2/h10-11,18-21,24-25,29-30,38-42,45-48H,3-9,12-17,22-23,26-28,31-37H2,1-2H3,(H,54,55)(H2,51,52,53)/b11-10-,20-18-,21-19+,29-24+,30-25+/t38-,39+,40-,41-,42-/m1/s1. The summed E-state index contributed by atoms with van der Waals surface area (Å²) >= 11 is 0. The van der Waals surface area contributed by atoms with Gasteiger partial charge >= 0.3 is 27.6 Å². The molecule has 0 aliphatic heterocycles. The molecule has 6 atom stereocenters. The summed E-state index contributed by atoms with van der Waals surface area (Å²) in [6, 6.07) is 0. The number of phosphoric ester groups is 2. The molecular weight excluding hydrogens is 846 g/mol.